The van der Waals surface area contributed by atoms with Gasteiger partial charge in [0, 0.05) is 0 Å². The highest BCUT2D eigenvalue weighted by molar-refractivity contribution is 14.1. The third-order valence-corrected chi connectivity index (χ3v) is 5.14. The van der Waals surface area contributed by atoms with E-state index in [0.29, 0.717) is 5.69 Å². The summed E-state index contributed by atoms with van der Waals surface area (Å²) in [6.45, 7) is 0. The Labute approximate surface area is 170 Å². The molecule has 7 nitrogen and oxygen atoms in total. The number of rotatable bonds is 4. The molecule has 1 fully saturated rings. The van der Waals surface area contributed by atoms with E-state index >= 15 is 0 Å². The first-order valence-corrected chi connectivity index (χ1v) is 9.28. The Morgan fingerprint density at radius 1 is 0.778 bits per heavy atom. The number of anilines is 2. The van der Waals surface area contributed by atoms with E-state index in [1.807, 2.05) is 119 Å². The molecule has 27 heavy (non-hydrogen) atoms. The minimum atomic E-state index is -0.418. The normalized spacial score (nSPS) is 17.4. The van der Waals surface area contributed by atoms with E-state index in [4.69, 9.17) is 0 Å². The first-order valence-electron chi connectivity index (χ1n) is 8.32. The Kier molecular flexibility index (Phi) is 4.82. The summed E-state index contributed by atoms with van der Waals surface area (Å²) in [6, 6.07) is 28.7. The first-order chi connectivity index (χ1) is 13.2. The average Bonchev–Trinajstić information content (AvgIpc) is 3.03. The Hall–Kier alpha value is -2.85. The van der Waals surface area contributed by atoms with Gasteiger partial charge in [-0.25, -0.2) is 15.1 Å². The largest absolute Gasteiger partial charge is 0.236 e. The van der Waals surface area contributed by atoms with Crippen molar-refractivity contribution in [3.63, 3.8) is 0 Å². The van der Waals surface area contributed by atoms with Crippen LogP contribution in [0.25, 0.3) is 0 Å². The molecule has 1 atom stereocenters. The zero-order chi connectivity index (χ0) is 18.8. The third-order valence-electron chi connectivity index (χ3n) is 4.23. The fourth-order valence-corrected chi connectivity index (χ4v) is 4.01. The van der Waals surface area contributed by atoms with Gasteiger partial charge in [0.15, 0.2) is 6.17 Å². The smallest absolute Gasteiger partial charge is 0.201 e. The van der Waals surface area contributed by atoms with Gasteiger partial charge in [0.05, 0.1) is 39.5 Å². The summed E-state index contributed by atoms with van der Waals surface area (Å²) >= 11 is 1.99. The van der Waals surface area contributed by atoms with Gasteiger partial charge in [0.1, 0.15) is 0 Å². The van der Waals surface area contributed by atoms with Crippen molar-refractivity contribution in [1.82, 2.24) is 8.45 Å². The van der Waals surface area contributed by atoms with Crippen LogP contribution in [-0.2, 0) is 0 Å². The molecule has 4 rings (SSSR count). The van der Waals surface area contributed by atoms with Crippen molar-refractivity contribution >= 4 is 34.2 Å². The molecule has 0 bridgehead atoms. The second-order valence-corrected chi connectivity index (χ2v) is 6.87. The molecule has 1 unspecified atom stereocenters. The van der Waals surface area contributed by atoms with E-state index in [-0.39, 0.29) is 6.17 Å². The molecular weight excluding hydrogens is 457 g/mol. The van der Waals surface area contributed by atoms with Crippen molar-refractivity contribution in [3.05, 3.63) is 107 Å². The van der Waals surface area contributed by atoms with Gasteiger partial charge >= 0.3 is 0 Å². The Bertz CT molecular complexity index is 913. The molecule has 0 N–H and O–H groups in total. The maximum atomic E-state index is 12.0. The second-order valence-electron chi connectivity index (χ2n) is 5.88. The number of hydrazine groups is 4. The monoisotopic (exact) mass is 473 g/mol. The van der Waals surface area contributed by atoms with Gasteiger partial charge in [0.2, 0.25) is 5.03 Å². The summed E-state index contributed by atoms with van der Waals surface area (Å²) in [5.74, 6) is 0. The van der Waals surface area contributed by atoms with Crippen molar-refractivity contribution < 1.29 is 5.03 Å². The van der Waals surface area contributed by atoms with Gasteiger partial charge in [0.25, 0.3) is 0 Å². The predicted octanol–water partition coefficient (Wildman–Crippen LogP) is 4.60. The molecule has 8 heteroatoms. The van der Waals surface area contributed by atoms with Crippen molar-refractivity contribution in [1.29, 1.82) is 0 Å². The van der Waals surface area contributed by atoms with Crippen molar-refractivity contribution in [3.8, 4) is 0 Å². The quantitative estimate of drug-likeness (QED) is 0.239. The van der Waals surface area contributed by atoms with Crippen LogP contribution in [0.15, 0.2) is 91.0 Å². The molecule has 0 aromatic heterocycles. The third kappa shape index (κ3) is 3.17. The highest BCUT2D eigenvalue weighted by Gasteiger charge is 2.51. The summed E-state index contributed by atoms with van der Waals surface area (Å²) in [5.41, 5.74) is 2.49. The van der Waals surface area contributed by atoms with Gasteiger partial charge < -0.3 is 0 Å². The van der Waals surface area contributed by atoms with Gasteiger partial charge in [-0.3, -0.25) is 0 Å². The Morgan fingerprint density at radius 3 is 1.78 bits per heavy atom. The van der Waals surface area contributed by atoms with Crippen LogP contribution in [0.2, 0.25) is 0 Å². The predicted molar refractivity (Wildman–Crippen MR) is 112 cm³/mol. The molecule has 1 heterocycles. The van der Waals surface area contributed by atoms with Crippen LogP contribution in [0.5, 0.6) is 0 Å². The maximum absolute atomic E-state index is 12.0. The zero-order valence-corrected chi connectivity index (χ0v) is 16.3. The van der Waals surface area contributed by atoms with E-state index in [1.165, 1.54) is 0 Å². The van der Waals surface area contributed by atoms with E-state index in [9.17, 15) is 10.1 Å². The van der Waals surface area contributed by atoms with E-state index in [1.54, 1.807) is 8.34 Å². The van der Waals surface area contributed by atoms with Crippen LogP contribution in [0.3, 0.4) is 0 Å². The maximum Gasteiger partial charge on any atom is 0.201 e. The Balaban J connectivity index is 1.92. The average molecular weight is 473 g/mol. The van der Waals surface area contributed by atoms with E-state index in [2.05, 4.69) is 0 Å². The number of hydrogen-bond donors (Lipinski definition) is 0. The number of nitro groups is 1. The van der Waals surface area contributed by atoms with Crippen LogP contribution in [0, 0.1) is 10.1 Å². The summed E-state index contributed by atoms with van der Waals surface area (Å²) < 4.78 is 1.59. The van der Waals surface area contributed by atoms with E-state index in [0.717, 1.165) is 16.5 Å². The molecule has 1 aliphatic heterocycles. The highest BCUT2D eigenvalue weighted by Crippen LogP contribution is 2.43. The first kappa shape index (κ1) is 17.6. The molecular formula is C19H16IN5O2. The van der Waals surface area contributed by atoms with Crippen molar-refractivity contribution in [2.45, 2.75) is 6.17 Å². The van der Waals surface area contributed by atoms with Gasteiger partial charge in [-0.05, 0) is 29.8 Å². The molecule has 0 spiro atoms. The number of nitrogens with zero attached hydrogens (tertiary/aromatic N) is 5. The number of hydrogen-bond acceptors (Lipinski definition) is 5. The number of benzene rings is 3. The molecule has 3 aromatic rings. The lowest BCUT2D eigenvalue weighted by molar-refractivity contribution is -0.684. The Morgan fingerprint density at radius 2 is 1.26 bits per heavy atom. The molecule has 0 radical (unpaired) electrons. The van der Waals surface area contributed by atoms with Crippen molar-refractivity contribution in [2.75, 3.05) is 10.1 Å². The van der Waals surface area contributed by atoms with Gasteiger partial charge in [-0.15, -0.1) is 5.12 Å². The zero-order valence-electron chi connectivity index (χ0n) is 14.2. The van der Waals surface area contributed by atoms with Crippen molar-refractivity contribution in [2.24, 2.45) is 0 Å². The lowest BCUT2D eigenvalue weighted by Crippen LogP contribution is -2.49. The molecule has 0 amide bonds. The topological polar surface area (TPSA) is 56.1 Å². The minimum absolute atomic E-state index is 0.389. The molecule has 3 aromatic carbocycles. The van der Waals surface area contributed by atoms with Crippen LogP contribution in [0.4, 0.5) is 11.4 Å². The fourth-order valence-electron chi connectivity index (χ4n) is 3.11. The summed E-state index contributed by atoms with van der Waals surface area (Å²) in [4.78, 5) is 12.0. The lowest BCUT2D eigenvalue weighted by atomic mass is 10.1. The molecule has 136 valence electrons. The standard InChI is InChI=1S/C19H16IN5O2/c20-22-19(16-10-4-1-5-11-16)21(17-12-6-2-7-13-17)23(24(22)25(26)27)18-14-8-3-9-15-18/h1-15,19H. The molecule has 0 aliphatic carbocycles. The van der Waals surface area contributed by atoms with Crippen LogP contribution < -0.4 is 10.1 Å². The van der Waals surface area contributed by atoms with Crippen LogP contribution >= 0.6 is 22.9 Å². The summed E-state index contributed by atoms with van der Waals surface area (Å²) in [6.07, 6.45) is -0.389. The molecule has 0 saturated carbocycles. The second kappa shape index (κ2) is 7.41. The van der Waals surface area contributed by atoms with Gasteiger partial charge in [-0.1, -0.05) is 70.0 Å². The minimum Gasteiger partial charge on any atom is -0.236 e. The molecule has 1 aliphatic rings. The molecule has 1 saturated heterocycles. The highest BCUT2D eigenvalue weighted by atomic mass is 127. The SMILES string of the molecule is O=[N+]([O-])N1N(I)C(c2ccccc2)N(c2ccccc2)N1c1ccccc1. The number of halogens is 1. The lowest BCUT2D eigenvalue weighted by Gasteiger charge is -2.31. The number of para-hydroxylation sites is 2. The van der Waals surface area contributed by atoms with Crippen LogP contribution in [0.1, 0.15) is 11.7 Å². The summed E-state index contributed by atoms with van der Waals surface area (Å²) in [7, 11) is 0. The van der Waals surface area contributed by atoms with E-state index < -0.39 is 5.03 Å². The van der Waals surface area contributed by atoms with Crippen LogP contribution in [-0.4, -0.2) is 13.5 Å². The summed E-state index contributed by atoms with van der Waals surface area (Å²) in [5, 5.41) is 16.1. The fraction of sp³-hybridized carbons (Fsp3) is 0.0526. The van der Waals surface area contributed by atoms with Gasteiger partial charge in [-0.2, -0.15) is 0 Å².